The van der Waals surface area contributed by atoms with Crippen molar-refractivity contribution in [3.63, 3.8) is 0 Å². The molecule has 2 N–H and O–H groups in total. The van der Waals surface area contributed by atoms with E-state index in [0.29, 0.717) is 5.56 Å². The van der Waals surface area contributed by atoms with Gasteiger partial charge in [0.2, 0.25) is 0 Å². The zero-order chi connectivity index (χ0) is 12.4. The second-order valence-corrected chi connectivity index (χ2v) is 5.67. The Balaban J connectivity index is 0.00000162. The Morgan fingerprint density at radius 2 is 2.00 bits per heavy atom. The minimum atomic E-state index is -0.467. The highest BCUT2D eigenvalue weighted by Crippen LogP contribution is 2.24. The summed E-state index contributed by atoms with van der Waals surface area (Å²) in [5.74, 6) is -0.397. The van der Waals surface area contributed by atoms with Crippen LogP contribution in [-0.4, -0.2) is 22.1 Å². The molecule has 4 nitrogen and oxygen atoms in total. The van der Waals surface area contributed by atoms with Gasteiger partial charge in [0.1, 0.15) is 5.25 Å². The normalized spacial score (nSPS) is 18.2. The average Bonchev–Trinajstić information content (AvgIpc) is 2.58. The fourth-order valence-corrected chi connectivity index (χ4v) is 2.54. The topological polar surface area (TPSA) is 72.5 Å². The molecule has 0 bridgehead atoms. The number of amides is 1. The first kappa shape index (κ1) is 15.2. The Hall–Kier alpha value is -0.850. The van der Waals surface area contributed by atoms with Gasteiger partial charge < -0.3 is 5.73 Å². The van der Waals surface area contributed by atoms with Crippen molar-refractivity contribution in [3.05, 3.63) is 34.3 Å². The van der Waals surface area contributed by atoms with Crippen LogP contribution in [0.25, 0.3) is 0 Å². The molecule has 1 aromatic rings. The summed E-state index contributed by atoms with van der Waals surface area (Å²) in [5.41, 5.74) is 6.01. The summed E-state index contributed by atoms with van der Waals surface area (Å²) in [5, 5.41) is -0.227. The van der Waals surface area contributed by atoms with E-state index in [2.05, 4.69) is 20.9 Å². The van der Waals surface area contributed by atoms with Crippen molar-refractivity contribution in [2.75, 3.05) is 0 Å². The zero-order valence-corrected chi connectivity index (χ0v) is 12.3. The largest absolute Gasteiger partial charge is 0.378 e. The third-order valence-electron chi connectivity index (χ3n) is 2.30. The van der Waals surface area contributed by atoms with E-state index in [1.165, 1.54) is 0 Å². The quantitative estimate of drug-likeness (QED) is 0.851. The summed E-state index contributed by atoms with van der Waals surface area (Å²) in [4.78, 5) is 26.8. The molecule has 1 heterocycles. The minimum Gasteiger partial charge on any atom is -0.378 e. The molecule has 96 valence electrons. The van der Waals surface area contributed by atoms with Crippen LogP contribution in [0.2, 0.25) is 0 Å². The van der Waals surface area contributed by atoms with Crippen LogP contribution in [0, 0.1) is 0 Å². The summed E-state index contributed by atoms with van der Waals surface area (Å²) < 4.78 is 0.910. The van der Waals surface area contributed by atoms with Crippen molar-refractivity contribution >= 4 is 57.0 Å². The highest BCUT2D eigenvalue weighted by atomic mass is 79.9. The minimum absolute atomic E-state index is 0. The summed E-state index contributed by atoms with van der Waals surface area (Å²) in [6.45, 7) is 0. The van der Waals surface area contributed by atoms with E-state index in [0.717, 1.165) is 16.2 Å². The van der Waals surface area contributed by atoms with Gasteiger partial charge in [-0.1, -0.05) is 39.8 Å². The molecule has 0 aromatic heterocycles. The van der Waals surface area contributed by atoms with E-state index < -0.39 is 5.25 Å². The van der Waals surface area contributed by atoms with Crippen LogP contribution >= 0.6 is 40.1 Å². The molecule has 1 aromatic carbocycles. The van der Waals surface area contributed by atoms with Crippen molar-refractivity contribution in [2.45, 2.75) is 11.7 Å². The number of amidine groups is 1. The maximum Gasteiger partial charge on any atom is 0.262 e. The molecule has 0 saturated heterocycles. The lowest BCUT2D eigenvalue weighted by molar-refractivity contribution is -0.117. The van der Waals surface area contributed by atoms with Gasteiger partial charge in [0, 0.05) is 16.5 Å². The Morgan fingerprint density at radius 1 is 1.39 bits per heavy atom. The highest BCUT2D eigenvalue weighted by molar-refractivity contribution is 9.10. The highest BCUT2D eigenvalue weighted by Gasteiger charge is 2.29. The predicted octanol–water partition coefficient (Wildman–Crippen LogP) is 2.40. The SMILES string of the molecule is Cl.NC1=NC(=O)C(CC(=O)c2ccc(Br)cc2)S1. The maximum absolute atomic E-state index is 11.9. The third kappa shape index (κ3) is 3.57. The first-order chi connectivity index (χ1) is 8.06. The number of carbonyl (C=O) groups excluding carboxylic acids is 2. The summed E-state index contributed by atoms with van der Waals surface area (Å²) >= 11 is 4.44. The summed E-state index contributed by atoms with van der Waals surface area (Å²) in [7, 11) is 0. The van der Waals surface area contributed by atoms with Gasteiger partial charge in [-0.15, -0.1) is 12.4 Å². The van der Waals surface area contributed by atoms with Gasteiger partial charge in [-0.25, -0.2) is 0 Å². The van der Waals surface area contributed by atoms with Gasteiger partial charge in [0.25, 0.3) is 5.91 Å². The van der Waals surface area contributed by atoms with Gasteiger partial charge in [0.05, 0.1) is 0 Å². The lowest BCUT2D eigenvalue weighted by Crippen LogP contribution is -2.16. The second kappa shape index (κ2) is 6.36. The molecule has 0 aliphatic carbocycles. The van der Waals surface area contributed by atoms with Crippen LogP contribution in [0.1, 0.15) is 16.8 Å². The lowest BCUT2D eigenvalue weighted by Gasteiger charge is -2.05. The third-order valence-corrected chi connectivity index (χ3v) is 3.81. The number of ketones is 1. The van der Waals surface area contributed by atoms with Crippen LogP contribution in [0.15, 0.2) is 33.7 Å². The first-order valence-electron chi connectivity index (χ1n) is 4.89. The molecule has 1 unspecified atom stereocenters. The lowest BCUT2D eigenvalue weighted by atomic mass is 10.1. The second-order valence-electron chi connectivity index (χ2n) is 3.53. The zero-order valence-electron chi connectivity index (χ0n) is 9.13. The van der Waals surface area contributed by atoms with Crippen LogP contribution < -0.4 is 5.73 Å². The first-order valence-corrected chi connectivity index (χ1v) is 6.57. The fourth-order valence-electron chi connectivity index (χ4n) is 1.45. The van der Waals surface area contributed by atoms with Gasteiger partial charge in [-0.2, -0.15) is 4.99 Å². The molecular formula is C11H10BrClN2O2S. The molecule has 7 heteroatoms. The van der Waals surface area contributed by atoms with Crippen LogP contribution in [0.5, 0.6) is 0 Å². The summed E-state index contributed by atoms with van der Waals surface area (Å²) in [6, 6.07) is 7.03. The van der Waals surface area contributed by atoms with Crippen LogP contribution in [0.3, 0.4) is 0 Å². The van der Waals surface area contributed by atoms with Gasteiger partial charge in [-0.3, -0.25) is 9.59 Å². The number of benzene rings is 1. The van der Waals surface area contributed by atoms with Crippen molar-refractivity contribution in [2.24, 2.45) is 10.7 Å². The molecule has 18 heavy (non-hydrogen) atoms. The number of hydrogen-bond donors (Lipinski definition) is 1. The average molecular weight is 350 g/mol. The van der Waals surface area contributed by atoms with Gasteiger partial charge in [0.15, 0.2) is 11.0 Å². The summed E-state index contributed by atoms with van der Waals surface area (Å²) in [6.07, 6.45) is 0.134. The maximum atomic E-state index is 11.9. The molecule has 0 radical (unpaired) electrons. The van der Waals surface area contributed by atoms with E-state index in [1.54, 1.807) is 24.3 Å². The van der Waals surface area contributed by atoms with E-state index >= 15 is 0 Å². The monoisotopic (exact) mass is 348 g/mol. The Morgan fingerprint density at radius 3 is 2.50 bits per heavy atom. The molecule has 1 aliphatic rings. The Kier molecular flexibility index (Phi) is 5.37. The molecule has 1 aliphatic heterocycles. The van der Waals surface area contributed by atoms with Crippen molar-refractivity contribution < 1.29 is 9.59 Å². The molecular weight excluding hydrogens is 340 g/mol. The van der Waals surface area contributed by atoms with Crippen LogP contribution in [0.4, 0.5) is 0 Å². The number of halogens is 2. The molecule has 1 atom stereocenters. The fraction of sp³-hybridized carbons (Fsp3) is 0.182. The van der Waals surface area contributed by atoms with E-state index in [9.17, 15) is 9.59 Å². The van der Waals surface area contributed by atoms with Gasteiger partial charge >= 0.3 is 0 Å². The van der Waals surface area contributed by atoms with E-state index in [1.807, 2.05) is 0 Å². The number of nitrogens with two attached hydrogens (primary N) is 1. The number of Topliss-reactive ketones (excluding diaryl/α,β-unsaturated/α-hetero) is 1. The van der Waals surface area contributed by atoms with E-state index in [-0.39, 0.29) is 35.7 Å². The smallest absolute Gasteiger partial charge is 0.262 e. The van der Waals surface area contributed by atoms with Crippen LogP contribution in [-0.2, 0) is 4.79 Å². The van der Waals surface area contributed by atoms with Gasteiger partial charge in [-0.05, 0) is 12.1 Å². The van der Waals surface area contributed by atoms with Crippen molar-refractivity contribution in [1.29, 1.82) is 0 Å². The van der Waals surface area contributed by atoms with Crippen molar-refractivity contribution in [1.82, 2.24) is 0 Å². The number of hydrogen-bond acceptors (Lipinski definition) is 4. The molecule has 0 fully saturated rings. The molecule has 1 amide bonds. The number of thioether (sulfide) groups is 1. The van der Waals surface area contributed by atoms with E-state index in [4.69, 9.17) is 5.73 Å². The number of nitrogens with zero attached hydrogens (tertiary/aromatic N) is 1. The standard InChI is InChI=1S/C11H9BrN2O2S.ClH/c12-7-3-1-6(2-4-7)8(15)5-9-10(16)14-11(13)17-9;/h1-4,9H,5H2,(H2,13,14,16);1H. The van der Waals surface area contributed by atoms with Crippen molar-refractivity contribution in [3.8, 4) is 0 Å². The molecule has 0 spiro atoms. The number of aliphatic imine (C=N–C) groups is 1. The predicted molar refractivity (Wildman–Crippen MR) is 78.3 cm³/mol. The number of rotatable bonds is 3. The molecule has 0 saturated carbocycles. The Bertz CT molecular complexity index is 504. The Labute approximate surface area is 123 Å². The molecule has 2 rings (SSSR count). The number of carbonyl (C=O) groups is 2.